The van der Waals surface area contributed by atoms with Gasteiger partial charge in [-0.05, 0) is 12.1 Å². The Bertz CT molecular complexity index is 556. The van der Waals surface area contributed by atoms with E-state index >= 15 is 0 Å². The van der Waals surface area contributed by atoms with Gasteiger partial charge in [0.15, 0.2) is 0 Å². The summed E-state index contributed by atoms with van der Waals surface area (Å²) in [7, 11) is 0. The summed E-state index contributed by atoms with van der Waals surface area (Å²) >= 11 is 0. The van der Waals surface area contributed by atoms with Gasteiger partial charge in [-0.2, -0.15) is 0 Å². The van der Waals surface area contributed by atoms with E-state index in [9.17, 15) is 14.9 Å². The van der Waals surface area contributed by atoms with Gasteiger partial charge in [-0.3, -0.25) is 10.1 Å². The Morgan fingerprint density at radius 2 is 1.47 bits per heavy atom. The van der Waals surface area contributed by atoms with Gasteiger partial charge in [0.1, 0.15) is 0 Å². The van der Waals surface area contributed by atoms with E-state index in [0.717, 1.165) is 0 Å². The minimum atomic E-state index is -1.33. The molecular weight excluding hydrogens is 246 g/mol. The summed E-state index contributed by atoms with van der Waals surface area (Å²) in [5.41, 5.74) is 0.613. The number of hydrogen-bond donors (Lipinski definition) is 0. The van der Waals surface area contributed by atoms with E-state index in [1.165, 1.54) is 12.1 Å². The molecule has 96 valence electrons. The molecule has 0 saturated carbocycles. The molecule has 0 bridgehead atoms. The summed E-state index contributed by atoms with van der Waals surface area (Å²) in [4.78, 5) is 20.9. The molecule has 0 amide bonds. The summed E-state index contributed by atoms with van der Waals surface area (Å²) in [5, 5.41) is 10.4. The summed E-state index contributed by atoms with van der Waals surface area (Å²) < 4.78 is 4.56. The second-order valence-corrected chi connectivity index (χ2v) is 3.78. The molecule has 0 aliphatic carbocycles. The second kappa shape index (κ2) is 5.77. The Hall–Kier alpha value is -2.69. The quantitative estimate of drug-likeness (QED) is 0.447. The highest BCUT2D eigenvalue weighted by molar-refractivity contribution is 5.93. The van der Waals surface area contributed by atoms with Crippen molar-refractivity contribution in [1.29, 1.82) is 0 Å². The van der Waals surface area contributed by atoms with Crippen molar-refractivity contribution in [3.63, 3.8) is 0 Å². The van der Waals surface area contributed by atoms with Gasteiger partial charge in [-0.15, -0.1) is 0 Å². The Kier molecular flexibility index (Phi) is 3.87. The van der Waals surface area contributed by atoms with Crippen LogP contribution in [-0.4, -0.2) is 10.9 Å². The smallest absolute Gasteiger partial charge is 0.383 e. The van der Waals surface area contributed by atoms with Crippen LogP contribution >= 0.6 is 0 Å². The van der Waals surface area contributed by atoms with Crippen LogP contribution < -0.4 is 0 Å². The first-order valence-electron chi connectivity index (χ1n) is 5.63. The molecule has 1 unspecified atom stereocenters. The van der Waals surface area contributed by atoms with E-state index in [-0.39, 0.29) is 5.56 Å². The number of esters is 1. The molecule has 1 heterocycles. The molecule has 0 N–H and O–H groups in total. The van der Waals surface area contributed by atoms with Crippen LogP contribution in [0, 0.1) is 10.1 Å². The number of carbonyl (C=O) groups excluding carboxylic acids is 1. The first-order valence-corrected chi connectivity index (χ1v) is 5.63. The van der Waals surface area contributed by atoms with Gasteiger partial charge in [0, 0.05) is 0 Å². The van der Waals surface area contributed by atoms with Crippen molar-refractivity contribution in [3.8, 4) is 0 Å². The van der Waals surface area contributed by atoms with Gasteiger partial charge in [0.25, 0.3) is 0 Å². The number of rotatable bonds is 1. The highest BCUT2D eigenvalue weighted by Gasteiger charge is 2.38. The van der Waals surface area contributed by atoms with Gasteiger partial charge >= 0.3 is 12.2 Å². The van der Waals surface area contributed by atoms with Crippen molar-refractivity contribution in [2.45, 2.75) is 6.23 Å². The molecule has 3 rings (SSSR count). The number of ether oxygens (including phenoxy) is 1. The number of nitrogens with zero attached hydrogens (tertiary/aromatic N) is 1. The molecule has 0 saturated heterocycles. The van der Waals surface area contributed by atoms with Crippen LogP contribution in [0.1, 0.15) is 22.1 Å². The predicted octanol–water partition coefficient (Wildman–Crippen LogP) is 2.82. The third-order valence-electron chi connectivity index (χ3n) is 2.52. The molecule has 1 atom stereocenters. The fourth-order valence-corrected chi connectivity index (χ4v) is 1.67. The zero-order chi connectivity index (χ0) is 13.7. The lowest BCUT2D eigenvalue weighted by Gasteiger charge is -1.99. The average molecular weight is 257 g/mol. The van der Waals surface area contributed by atoms with Crippen LogP contribution in [0.5, 0.6) is 0 Å². The van der Waals surface area contributed by atoms with Crippen LogP contribution in [0.2, 0.25) is 0 Å². The molecule has 0 radical (unpaired) electrons. The lowest BCUT2D eigenvalue weighted by molar-refractivity contribution is -0.572. The first kappa shape index (κ1) is 12.8. The Balaban J connectivity index is 0.000000186. The molecule has 1 aliphatic heterocycles. The highest BCUT2D eigenvalue weighted by Crippen LogP contribution is 2.30. The number of nitro groups is 1. The minimum Gasteiger partial charge on any atom is -0.390 e. The predicted molar refractivity (Wildman–Crippen MR) is 68.0 cm³/mol. The van der Waals surface area contributed by atoms with Gasteiger partial charge < -0.3 is 4.74 Å². The molecule has 1 aliphatic rings. The summed E-state index contributed by atoms with van der Waals surface area (Å²) in [5.74, 6) is -0.628. The Labute approximate surface area is 109 Å². The fraction of sp³-hybridized carbons (Fsp3) is 0.0714. The molecule has 2 aromatic rings. The zero-order valence-corrected chi connectivity index (χ0v) is 9.93. The van der Waals surface area contributed by atoms with E-state index < -0.39 is 17.1 Å². The van der Waals surface area contributed by atoms with Crippen molar-refractivity contribution in [2.75, 3.05) is 0 Å². The molecule has 19 heavy (non-hydrogen) atoms. The average Bonchev–Trinajstić information content (AvgIpc) is 2.80. The largest absolute Gasteiger partial charge is 0.390 e. The third-order valence-corrected chi connectivity index (χ3v) is 2.52. The van der Waals surface area contributed by atoms with Crippen molar-refractivity contribution in [1.82, 2.24) is 0 Å². The molecule has 0 fully saturated rings. The molecular formula is C14H11NO4. The van der Waals surface area contributed by atoms with E-state index in [1.54, 1.807) is 12.1 Å². The van der Waals surface area contributed by atoms with Crippen molar-refractivity contribution >= 4 is 5.97 Å². The third kappa shape index (κ3) is 2.95. The Morgan fingerprint density at radius 3 is 2.00 bits per heavy atom. The van der Waals surface area contributed by atoms with E-state index in [4.69, 9.17) is 0 Å². The van der Waals surface area contributed by atoms with Crippen LogP contribution in [0.15, 0.2) is 60.7 Å². The lowest BCUT2D eigenvalue weighted by Crippen LogP contribution is -2.09. The van der Waals surface area contributed by atoms with Crippen molar-refractivity contribution in [2.24, 2.45) is 0 Å². The normalized spacial score (nSPS) is 15.8. The highest BCUT2D eigenvalue weighted by atomic mass is 16.7. The maximum atomic E-state index is 11.1. The maximum Gasteiger partial charge on any atom is 0.383 e. The minimum absolute atomic E-state index is 0.282. The van der Waals surface area contributed by atoms with Crippen LogP contribution in [0.4, 0.5) is 0 Å². The molecule has 5 heteroatoms. The second-order valence-electron chi connectivity index (χ2n) is 3.78. The number of cyclic esters (lactones) is 1. The fourth-order valence-electron chi connectivity index (χ4n) is 1.67. The molecule has 5 nitrogen and oxygen atoms in total. The number of hydrogen-bond acceptors (Lipinski definition) is 4. The van der Waals surface area contributed by atoms with Crippen LogP contribution in [0.3, 0.4) is 0 Å². The van der Waals surface area contributed by atoms with Gasteiger partial charge in [0.2, 0.25) is 0 Å². The number of benzene rings is 2. The van der Waals surface area contributed by atoms with E-state index in [2.05, 4.69) is 4.74 Å². The standard InChI is InChI=1S/C8H5NO4.C6H6/c10-8-6-4-2-1-3-5(6)7(13-8)9(11)12;1-2-4-6-5-3-1/h1-4,7H;1-6H. The van der Waals surface area contributed by atoms with Crippen molar-refractivity contribution < 1.29 is 14.5 Å². The molecule has 0 aromatic heterocycles. The van der Waals surface area contributed by atoms with Gasteiger partial charge in [-0.25, -0.2) is 4.79 Å². The van der Waals surface area contributed by atoms with Gasteiger partial charge in [0.05, 0.1) is 16.1 Å². The first-order chi connectivity index (χ1) is 9.20. The monoisotopic (exact) mass is 257 g/mol. The molecule has 2 aromatic carbocycles. The van der Waals surface area contributed by atoms with Crippen LogP contribution in [0.25, 0.3) is 0 Å². The number of carbonyl (C=O) groups is 1. The summed E-state index contributed by atoms with van der Waals surface area (Å²) in [6.45, 7) is 0. The summed E-state index contributed by atoms with van der Waals surface area (Å²) in [6, 6.07) is 18.3. The van der Waals surface area contributed by atoms with E-state index in [1.807, 2.05) is 36.4 Å². The SMILES string of the molecule is O=C1OC([N+](=O)[O-])c2ccccc21.c1ccccc1. The van der Waals surface area contributed by atoms with Gasteiger partial charge in [-0.1, -0.05) is 48.5 Å². The zero-order valence-electron chi connectivity index (χ0n) is 9.93. The van der Waals surface area contributed by atoms with E-state index in [0.29, 0.717) is 5.56 Å². The lowest BCUT2D eigenvalue weighted by atomic mass is 10.1. The topological polar surface area (TPSA) is 69.4 Å². The Morgan fingerprint density at radius 1 is 0.947 bits per heavy atom. The number of fused-ring (bicyclic) bond motifs is 1. The maximum absolute atomic E-state index is 11.1. The van der Waals surface area contributed by atoms with Crippen LogP contribution in [-0.2, 0) is 4.74 Å². The van der Waals surface area contributed by atoms with Crippen molar-refractivity contribution in [3.05, 3.63) is 81.9 Å². The molecule has 0 spiro atoms. The summed E-state index contributed by atoms with van der Waals surface area (Å²) in [6.07, 6.45) is -1.33.